The summed E-state index contributed by atoms with van der Waals surface area (Å²) in [5, 5.41) is 9.80. The van der Waals surface area contributed by atoms with Crippen LogP contribution in [0.1, 0.15) is 16.1 Å². The van der Waals surface area contributed by atoms with E-state index in [0.717, 1.165) is 0 Å². The van der Waals surface area contributed by atoms with E-state index in [2.05, 4.69) is 10.2 Å². The number of halogens is 3. The monoisotopic (exact) mass is 407 g/mol. The van der Waals surface area contributed by atoms with Gasteiger partial charge in [-0.2, -0.15) is 10.2 Å². The molecule has 0 radical (unpaired) electrons. The number of aromatic nitrogens is 4. The molecule has 152 valence electrons. The maximum Gasteiger partial charge on any atom is 0.287 e. The highest BCUT2D eigenvalue weighted by atomic mass is 19.3. The zero-order valence-corrected chi connectivity index (χ0v) is 15.1. The maximum atomic E-state index is 12.9. The molecule has 0 saturated carbocycles. The summed E-state index contributed by atoms with van der Waals surface area (Å²) in [7, 11) is 1.75. The zero-order chi connectivity index (χ0) is 21.0. The van der Waals surface area contributed by atoms with E-state index in [1.165, 1.54) is 41.2 Å². The Kier molecular flexibility index (Phi) is 5.96. The molecule has 1 N–H and O–H groups in total. The second-order valence-electron chi connectivity index (χ2n) is 5.97. The van der Waals surface area contributed by atoms with Crippen LogP contribution in [0.3, 0.4) is 0 Å². The van der Waals surface area contributed by atoms with E-state index >= 15 is 0 Å². The van der Waals surface area contributed by atoms with Gasteiger partial charge in [0.25, 0.3) is 12.3 Å². The number of amides is 1. The molecule has 0 aliphatic rings. The summed E-state index contributed by atoms with van der Waals surface area (Å²) in [6.45, 7) is -0.136. The standard InChI is InChI=1S/C18H16F3N5O3/c1-25-9-12(8-22-25)26-7-6-15(27)14(24-26)10-29-13-4-2-11(3-5-13)18(28)23-17(21)16(19)20/h2-9,16-17H,10H2,1H3,(H,23,28). The number of carbonyl (C=O) groups excluding carboxylic acids is 1. The van der Waals surface area contributed by atoms with Crippen molar-refractivity contribution in [2.24, 2.45) is 7.05 Å². The van der Waals surface area contributed by atoms with Crippen molar-refractivity contribution in [3.63, 3.8) is 0 Å². The minimum absolute atomic E-state index is 0.0163. The van der Waals surface area contributed by atoms with E-state index in [1.54, 1.807) is 29.4 Å². The number of aryl methyl sites for hydroxylation is 1. The van der Waals surface area contributed by atoms with Gasteiger partial charge in [-0.3, -0.25) is 14.3 Å². The topological polar surface area (TPSA) is 91.0 Å². The molecule has 0 spiro atoms. The molecule has 3 rings (SSSR count). The van der Waals surface area contributed by atoms with Crippen molar-refractivity contribution in [2.45, 2.75) is 19.3 Å². The molecule has 1 amide bonds. The normalized spacial score (nSPS) is 12.0. The number of ether oxygens (including phenoxy) is 1. The first-order valence-electron chi connectivity index (χ1n) is 8.37. The van der Waals surface area contributed by atoms with Crippen LogP contribution in [0.4, 0.5) is 13.2 Å². The van der Waals surface area contributed by atoms with Crippen LogP contribution >= 0.6 is 0 Å². The highest BCUT2D eigenvalue weighted by Gasteiger charge is 2.21. The van der Waals surface area contributed by atoms with E-state index < -0.39 is 18.6 Å². The van der Waals surface area contributed by atoms with Crippen molar-refractivity contribution < 1.29 is 22.7 Å². The van der Waals surface area contributed by atoms with Crippen molar-refractivity contribution in [3.8, 4) is 11.4 Å². The van der Waals surface area contributed by atoms with Crippen LogP contribution in [-0.2, 0) is 13.7 Å². The number of alkyl halides is 3. The summed E-state index contributed by atoms with van der Waals surface area (Å²) in [6, 6.07) is 6.72. The van der Waals surface area contributed by atoms with Gasteiger partial charge in [0.15, 0.2) is 0 Å². The predicted octanol–water partition coefficient (Wildman–Crippen LogP) is 1.84. The predicted molar refractivity (Wildman–Crippen MR) is 95.7 cm³/mol. The highest BCUT2D eigenvalue weighted by Crippen LogP contribution is 2.14. The number of carbonyl (C=O) groups is 1. The Balaban J connectivity index is 1.66. The lowest BCUT2D eigenvalue weighted by atomic mass is 10.2. The number of nitrogens with one attached hydrogen (secondary N) is 1. The fourth-order valence-corrected chi connectivity index (χ4v) is 2.34. The fourth-order valence-electron chi connectivity index (χ4n) is 2.34. The Morgan fingerprint density at radius 2 is 1.93 bits per heavy atom. The third-order valence-electron chi connectivity index (χ3n) is 3.82. The van der Waals surface area contributed by atoms with Crippen LogP contribution in [0.15, 0.2) is 53.7 Å². The first kappa shape index (κ1) is 20.1. The summed E-state index contributed by atoms with van der Waals surface area (Å²) in [5.74, 6) is -0.668. The lowest BCUT2D eigenvalue weighted by Gasteiger charge is -2.10. The summed E-state index contributed by atoms with van der Waals surface area (Å²) in [4.78, 5) is 23.7. The molecule has 0 saturated heterocycles. The van der Waals surface area contributed by atoms with E-state index in [-0.39, 0.29) is 23.3 Å². The molecular formula is C18H16F3N5O3. The molecule has 0 aliphatic heterocycles. The van der Waals surface area contributed by atoms with Gasteiger partial charge in [0.05, 0.1) is 12.4 Å². The van der Waals surface area contributed by atoms with Gasteiger partial charge in [-0.15, -0.1) is 0 Å². The molecule has 0 bridgehead atoms. The SMILES string of the molecule is Cn1cc(-n2ccc(=O)c(COc3ccc(C(=O)NC(F)C(F)F)cc3)n2)cn1. The summed E-state index contributed by atoms with van der Waals surface area (Å²) < 4.78 is 45.8. The van der Waals surface area contributed by atoms with Crippen LogP contribution < -0.4 is 15.5 Å². The smallest absolute Gasteiger partial charge is 0.287 e. The molecule has 1 aromatic carbocycles. The molecule has 1 atom stereocenters. The third-order valence-corrected chi connectivity index (χ3v) is 3.82. The van der Waals surface area contributed by atoms with E-state index in [0.29, 0.717) is 11.4 Å². The van der Waals surface area contributed by atoms with Gasteiger partial charge in [0.1, 0.15) is 23.7 Å². The Morgan fingerprint density at radius 1 is 1.21 bits per heavy atom. The van der Waals surface area contributed by atoms with Gasteiger partial charge in [-0.05, 0) is 24.3 Å². The van der Waals surface area contributed by atoms with E-state index in [9.17, 15) is 22.8 Å². The second kappa shape index (κ2) is 8.59. The van der Waals surface area contributed by atoms with Crippen LogP contribution in [-0.4, -0.2) is 38.2 Å². The average molecular weight is 407 g/mol. The molecule has 3 aromatic rings. The summed E-state index contributed by atoms with van der Waals surface area (Å²) in [5.41, 5.74) is 0.481. The Morgan fingerprint density at radius 3 is 2.55 bits per heavy atom. The van der Waals surface area contributed by atoms with E-state index in [1.807, 2.05) is 0 Å². The molecular weight excluding hydrogens is 391 g/mol. The number of hydrogen-bond acceptors (Lipinski definition) is 5. The van der Waals surface area contributed by atoms with Gasteiger partial charge >= 0.3 is 0 Å². The van der Waals surface area contributed by atoms with Crippen molar-refractivity contribution >= 4 is 5.91 Å². The van der Waals surface area contributed by atoms with Crippen LogP contribution in [0.5, 0.6) is 5.75 Å². The Bertz CT molecular complexity index is 1050. The molecule has 11 heteroatoms. The second-order valence-corrected chi connectivity index (χ2v) is 5.97. The molecule has 8 nitrogen and oxygen atoms in total. The molecule has 2 aromatic heterocycles. The lowest BCUT2D eigenvalue weighted by Crippen LogP contribution is -2.36. The molecule has 0 aliphatic carbocycles. The maximum absolute atomic E-state index is 12.9. The number of rotatable bonds is 7. The average Bonchev–Trinajstić information content (AvgIpc) is 3.14. The van der Waals surface area contributed by atoms with Crippen molar-refractivity contribution in [1.82, 2.24) is 24.9 Å². The third kappa shape index (κ3) is 5.00. The van der Waals surface area contributed by atoms with E-state index in [4.69, 9.17) is 4.74 Å². The Hall–Kier alpha value is -3.63. The minimum atomic E-state index is -3.31. The van der Waals surface area contributed by atoms with Crippen LogP contribution in [0.25, 0.3) is 5.69 Å². The van der Waals surface area contributed by atoms with Crippen LogP contribution in [0.2, 0.25) is 0 Å². The first-order valence-corrected chi connectivity index (χ1v) is 8.37. The van der Waals surface area contributed by atoms with Gasteiger partial charge in [-0.25, -0.2) is 17.9 Å². The number of nitrogens with zero attached hydrogens (tertiary/aromatic N) is 4. The van der Waals surface area contributed by atoms with Gasteiger partial charge in [-0.1, -0.05) is 0 Å². The quantitative estimate of drug-likeness (QED) is 0.604. The number of benzene rings is 1. The van der Waals surface area contributed by atoms with Crippen molar-refractivity contribution in [2.75, 3.05) is 0 Å². The molecule has 0 fully saturated rings. The summed E-state index contributed by atoms with van der Waals surface area (Å²) >= 11 is 0. The van der Waals surface area contributed by atoms with Gasteiger partial charge < -0.3 is 10.1 Å². The fraction of sp³-hybridized carbons (Fsp3) is 0.222. The minimum Gasteiger partial charge on any atom is -0.487 e. The van der Waals surface area contributed by atoms with Crippen LogP contribution in [0, 0.1) is 0 Å². The van der Waals surface area contributed by atoms with Gasteiger partial charge in [0.2, 0.25) is 11.7 Å². The molecule has 1 unspecified atom stereocenters. The summed E-state index contributed by atoms with van der Waals surface area (Å²) in [6.07, 6.45) is -1.24. The van der Waals surface area contributed by atoms with Crippen molar-refractivity contribution in [3.05, 3.63) is 70.4 Å². The van der Waals surface area contributed by atoms with Gasteiger partial charge in [0, 0.05) is 24.9 Å². The molecule has 29 heavy (non-hydrogen) atoms. The van der Waals surface area contributed by atoms with Crippen molar-refractivity contribution in [1.29, 1.82) is 0 Å². The molecule has 2 heterocycles. The number of hydrogen-bond donors (Lipinski definition) is 1. The lowest BCUT2D eigenvalue weighted by molar-refractivity contribution is 0.0287. The largest absolute Gasteiger partial charge is 0.487 e. The first-order chi connectivity index (χ1) is 13.8. The zero-order valence-electron chi connectivity index (χ0n) is 15.1. The Labute approximate surface area is 162 Å². The highest BCUT2D eigenvalue weighted by molar-refractivity contribution is 5.94.